The van der Waals surface area contributed by atoms with E-state index in [1.54, 1.807) is 0 Å². The molecule has 1 aromatic rings. The molecule has 3 nitrogen and oxygen atoms in total. The van der Waals surface area contributed by atoms with Gasteiger partial charge in [-0.3, -0.25) is 0 Å². The van der Waals surface area contributed by atoms with Crippen molar-refractivity contribution in [3.63, 3.8) is 0 Å². The lowest BCUT2D eigenvalue weighted by atomic mass is 10.0. The van der Waals surface area contributed by atoms with Crippen LogP contribution in [0.1, 0.15) is 71.3 Å². The zero-order valence-corrected chi connectivity index (χ0v) is 16.4. The quantitative estimate of drug-likeness (QED) is 0.198. The van der Waals surface area contributed by atoms with Gasteiger partial charge in [0.25, 0.3) is 0 Å². The van der Waals surface area contributed by atoms with Gasteiger partial charge < -0.3 is 9.47 Å². The summed E-state index contributed by atoms with van der Waals surface area (Å²) in [5, 5.41) is 0. The Balaban J connectivity index is 0.00000101. The number of carbonyl (C=O) groups excluding carboxylic acids is 1. The van der Waals surface area contributed by atoms with Gasteiger partial charge in [0.15, 0.2) is 0 Å². The van der Waals surface area contributed by atoms with Crippen LogP contribution >= 0.6 is 0 Å². The Kier molecular flexibility index (Phi) is 16.1. The molecule has 1 aromatic carbocycles. The third-order valence-electron chi connectivity index (χ3n) is 3.81. The highest BCUT2D eigenvalue weighted by Crippen LogP contribution is 2.21. The van der Waals surface area contributed by atoms with E-state index in [2.05, 4.69) is 13.5 Å². The van der Waals surface area contributed by atoms with Crippen molar-refractivity contribution < 1.29 is 14.3 Å². The number of esters is 1. The topological polar surface area (TPSA) is 35.5 Å². The fourth-order valence-electron chi connectivity index (χ4n) is 2.44. The van der Waals surface area contributed by atoms with Crippen molar-refractivity contribution in [1.82, 2.24) is 0 Å². The van der Waals surface area contributed by atoms with E-state index in [4.69, 9.17) is 9.47 Å². The lowest BCUT2D eigenvalue weighted by Crippen LogP contribution is -2.05. The predicted octanol–water partition coefficient (Wildman–Crippen LogP) is 6.11. The smallest absolute Gasteiger partial charge is 0.335 e. The van der Waals surface area contributed by atoms with Crippen molar-refractivity contribution >= 4 is 5.97 Å². The number of unbranched alkanes of at least 4 members (excludes halogenated alkanes) is 6. The van der Waals surface area contributed by atoms with Gasteiger partial charge >= 0.3 is 5.97 Å². The first-order chi connectivity index (χ1) is 12.2. The maximum Gasteiger partial charge on any atom is 0.335 e. The molecule has 0 spiro atoms. The fourth-order valence-corrected chi connectivity index (χ4v) is 2.44. The molecule has 0 radical (unpaired) electrons. The molecule has 0 bridgehead atoms. The van der Waals surface area contributed by atoms with Crippen molar-refractivity contribution in [1.29, 1.82) is 0 Å². The Bertz CT molecular complexity index is 452. The molecule has 0 aliphatic rings. The van der Waals surface area contributed by atoms with Crippen LogP contribution in [0.5, 0.6) is 5.75 Å². The molecule has 0 atom stereocenters. The molecule has 0 amide bonds. The Hall–Kier alpha value is -1.61. The minimum absolute atomic E-state index is 0.392. The van der Waals surface area contributed by atoms with Gasteiger partial charge in [-0.05, 0) is 38.3 Å². The van der Waals surface area contributed by atoms with Crippen molar-refractivity contribution in [2.75, 3.05) is 13.2 Å². The van der Waals surface area contributed by atoms with Crippen molar-refractivity contribution in [2.24, 2.45) is 0 Å². The average Bonchev–Trinajstić information content (AvgIpc) is 2.63. The number of carbonyl (C=O) groups is 1. The molecule has 0 saturated carbocycles. The highest BCUT2D eigenvalue weighted by atomic mass is 16.5. The second-order valence-corrected chi connectivity index (χ2v) is 5.89. The van der Waals surface area contributed by atoms with Crippen molar-refractivity contribution in [3.8, 4) is 5.75 Å². The van der Waals surface area contributed by atoms with Gasteiger partial charge in [0.2, 0.25) is 0 Å². The first-order valence-corrected chi connectivity index (χ1v) is 9.69. The van der Waals surface area contributed by atoms with Crippen LogP contribution in [-0.4, -0.2) is 19.2 Å². The predicted molar refractivity (Wildman–Crippen MR) is 106 cm³/mol. The Morgan fingerprint density at radius 2 is 1.56 bits per heavy atom. The Labute approximate surface area is 154 Å². The summed E-state index contributed by atoms with van der Waals surface area (Å²) in [5.41, 5.74) is 1.11. The number of rotatable bonds is 12. The van der Waals surface area contributed by atoms with Gasteiger partial charge in [-0.2, -0.15) is 0 Å². The summed E-state index contributed by atoms with van der Waals surface area (Å²) in [7, 11) is 0. The van der Waals surface area contributed by atoms with E-state index in [9.17, 15) is 4.79 Å². The average molecular weight is 349 g/mol. The van der Waals surface area contributed by atoms with Crippen molar-refractivity contribution in [3.05, 3.63) is 42.5 Å². The molecule has 3 heteroatoms. The van der Waals surface area contributed by atoms with Gasteiger partial charge in [-0.25, -0.2) is 4.79 Å². The van der Waals surface area contributed by atoms with Crippen LogP contribution in [-0.2, 0) is 16.0 Å². The monoisotopic (exact) mass is 348 g/mol. The molecule has 0 heterocycles. The number of hydrogen-bond donors (Lipinski definition) is 0. The first-order valence-electron chi connectivity index (χ1n) is 9.69. The third-order valence-corrected chi connectivity index (χ3v) is 3.81. The van der Waals surface area contributed by atoms with Crippen LogP contribution in [0, 0.1) is 0 Å². The largest absolute Gasteiger partial charge is 0.423 e. The van der Waals surface area contributed by atoms with Crippen LogP contribution in [0.3, 0.4) is 0 Å². The fraction of sp³-hybridized carbons (Fsp3) is 0.591. The maximum absolute atomic E-state index is 11.3. The number of benzene rings is 1. The van der Waals surface area contributed by atoms with E-state index >= 15 is 0 Å². The normalized spacial score (nSPS) is 9.88. The van der Waals surface area contributed by atoms with Crippen LogP contribution in [0.4, 0.5) is 0 Å². The molecular weight excluding hydrogens is 312 g/mol. The molecule has 0 aromatic heterocycles. The Morgan fingerprint density at radius 1 is 0.960 bits per heavy atom. The SMILES string of the molecule is C=CC(=O)Oc1ccccc1CCCCCCCCC.CCOCC. The highest BCUT2D eigenvalue weighted by Gasteiger charge is 2.05. The standard InChI is InChI=1S/C18H26O2.C4H10O/c1-3-5-6-7-8-9-10-13-16-14-11-12-15-17(16)20-18(19)4-2;1-3-5-4-2/h4,11-12,14-15H,2-3,5-10,13H2,1H3;3-4H2,1-2H3. The van der Waals surface area contributed by atoms with E-state index in [1.807, 2.05) is 38.1 Å². The molecule has 0 aliphatic carbocycles. The van der Waals surface area contributed by atoms with Gasteiger partial charge in [0.05, 0.1) is 0 Å². The molecule has 0 fully saturated rings. The first kappa shape index (κ1) is 23.4. The second-order valence-electron chi connectivity index (χ2n) is 5.89. The van der Waals surface area contributed by atoms with E-state index in [0.29, 0.717) is 5.75 Å². The molecule has 0 unspecified atom stereocenters. The zero-order valence-electron chi connectivity index (χ0n) is 16.4. The number of hydrogen-bond acceptors (Lipinski definition) is 3. The summed E-state index contributed by atoms with van der Waals surface area (Å²) in [4.78, 5) is 11.3. The number of para-hydroxylation sites is 1. The van der Waals surface area contributed by atoms with E-state index in [0.717, 1.165) is 31.6 Å². The summed E-state index contributed by atoms with van der Waals surface area (Å²) < 4.78 is 10.1. The minimum atomic E-state index is -0.392. The molecule has 0 saturated heterocycles. The molecule has 25 heavy (non-hydrogen) atoms. The van der Waals surface area contributed by atoms with E-state index in [1.165, 1.54) is 44.6 Å². The summed E-state index contributed by atoms with van der Waals surface area (Å²) in [6.07, 6.45) is 11.2. The van der Waals surface area contributed by atoms with Crippen LogP contribution < -0.4 is 4.74 Å². The van der Waals surface area contributed by atoms with E-state index in [-0.39, 0.29) is 0 Å². The Morgan fingerprint density at radius 3 is 2.12 bits per heavy atom. The zero-order chi connectivity index (χ0) is 18.8. The second kappa shape index (κ2) is 17.2. The van der Waals surface area contributed by atoms with Gasteiger partial charge in [0.1, 0.15) is 5.75 Å². The lowest BCUT2D eigenvalue weighted by molar-refractivity contribution is -0.129. The van der Waals surface area contributed by atoms with Crippen LogP contribution in [0.15, 0.2) is 36.9 Å². The van der Waals surface area contributed by atoms with Crippen molar-refractivity contribution in [2.45, 2.75) is 72.1 Å². The summed E-state index contributed by atoms with van der Waals surface area (Å²) >= 11 is 0. The molecule has 0 aliphatic heterocycles. The third kappa shape index (κ3) is 13.4. The summed E-state index contributed by atoms with van der Waals surface area (Å²) in [6.45, 7) is 11.3. The highest BCUT2D eigenvalue weighted by molar-refractivity contribution is 5.83. The minimum Gasteiger partial charge on any atom is -0.423 e. The van der Waals surface area contributed by atoms with Gasteiger partial charge in [-0.1, -0.05) is 70.2 Å². The number of aryl methyl sites for hydroxylation is 1. The van der Waals surface area contributed by atoms with Gasteiger partial charge in [-0.15, -0.1) is 0 Å². The van der Waals surface area contributed by atoms with Crippen LogP contribution in [0.25, 0.3) is 0 Å². The van der Waals surface area contributed by atoms with E-state index < -0.39 is 5.97 Å². The summed E-state index contributed by atoms with van der Waals surface area (Å²) in [5.74, 6) is 0.278. The molecule has 0 N–H and O–H groups in total. The molecule has 1 rings (SSSR count). The van der Waals surface area contributed by atoms with Gasteiger partial charge in [0, 0.05) is 19.3 Å². The summed E-state index contributed by atoms with van der Waals surface area (Å²) in [6, 6.07) is 7.75. The molecular formula is C22H36O3. The lowest BCUT2D eigenvalue weighted by Gasteiger charge is -2.08. The van der Waals surface area contributed by atoms with Crippen LogP contribution in [0.2, 0.25) is 0 Å². The maximum atomic E-state index is 11.3. The molecule has 142 valence electrons. The number of ether oxygens (including phenoxy) is 2.